The van der Waals surface area contributed by atoms with Gasteiger partial charge < -0.3 is 15.1 Å². The van der Waals surface area contributed by atoms with Gasteiger partial charge in [0.2, 0.25) is 11.9 Å². The molecule has 2 fully saturated rings. The van der Waals surface area contributed by atoms with Crippen molar-refractivity contribution in [2.24, 2.45) is 5.92 Å². The number of rotatable bonds is 4. The number of piperidine rings is 2. The molecule has 2 aromatic rings. The van der Waals surface area contributed by atoms with Crippen LogP contribution in [-0.4, -0.2) is 58.9 Å². The van der Waals surface area contributed by atoms with Crippen LogP contribution in [-0.2, 0) is 4.79 Å². The highest BCUT2D eigenvalue weighted by Gasteiger charge is 2.30. The summed E-state index contributed by atoms with van der Waals surface area (Å²) >= 11 is 0. The maximum Gasteiger partial charge on any atom is 0.253 e. The van der Waals surface area contributed by atoms with E-state index in [0.29, 0.717) is 31.5 Å². The number of amides is 2. The minimum Gasteiger partial charge on any atom is -0.351 e. The molecule has 0 aliphatic carbocycles. The molecule has 0 radical (unpaired) electrons. The van der Waals surface area contributed by atoms with E-state index in [1.54, 1.807) is 12.4 Å². The Morgan fingerprint density at radius 1 is 1.00 bits per heavy atom. The standard InChI is InChI=1S/C23H29N5O2/c1-17-5-7-19(8-6-17)22(30)27-14-9-18(10-15-27)21(29)26-20-4-2-13-28(16-20)23-24-11-3-12-25-23/h3,5-8,11-12,18,20H,2,4,9-10,13-16H2,1H3,(H,26,29). The van der Waals surface area contributed by atoms with Crippen molar-refractivity contribution in [2.45, 2.75) is 38.6 Å². The quantitative estimate of drug-likeness (QED) is 0.842. The van der Waals surface area contributed by atoms with Gasteiger partial charge in [-0.1, -0.05) is 17.7 Å². The number of aryl methyl sites for hydroxylation is 1. The monoisotopic (exact) mass is 407 g/mol. The van der Waals surface area contributed by atoms with Crippen LogP contribution in [0.25, 0.3) is 0 Å². The van der Waals surface area contributed by atoms with Crippen molar-refractivity contribution in [2.75, 3.05) is 31.1 Å². The first-order chi connectivity index (χ1) is 14.6. The Balaban J connectivity index is 1.27. The lowest BCUT2D eigenvalue weighted by atomic mass is 9.94. The molecule has 3 heterocycles. The van der Waals surface area contributed by atoms with Crippen LogP contribution in [0.3, 0.4) is 0 Å². The van der Waals surface area contributed by atoms with Crippen LogP contribution in [0.2, 0.25) is 0 Å². The number of anilines is 1. The Morgan fingerprint density at radius 2 is 1.70 bits per heavy atom. The zero-order valence-corrected chi connectivity index (χ0v) is 17.5. The number of nitrogens with one attached hydrogen (secondary N) is 1. The summed E-state index contributed by atoms with van der Waals surface area (Å²) in [4.78, 5) is 38.2. The van der Waals surface area contributed by atoms with E-state index in [2.05, 4.69) is 20.2 Å². The van der Waals surface area contributed by atoms with E-state index >= 15 is 0 Å². The van der Waals surface area contributed by atoms with Gasteiger partial charge in [-0.2, -0.15) is 0 Å². The Labute approximate surface area is 177 Å². The number of aromatic nitrogens is 2. The molecule has 1 aromatic heterocycles. The van der Waals surface area contributed by atoms with E-state index in [9.17, 15) is 9.59 Å². The molecule has 0 saturated carbocycles. The smallest absolute Gasteiger partial charge is 0.253 e. The summed E-state index contributed by atoms with van der Waals surface area (Å²) < 4.78 is 0. The van der Waals surface area contributed by atoms with Gasteiger partial charge in [0.25, 0.3) is 5.91 Å². The molecule has 2 saturated heterocycles. The maximum absolute atomic E-state index is 12.8. The summed E-state index contributed by atoms with van der Waals surface area (Å²) in [7, 11) is 0. The van der Waals surface area contributed by atoms with Crippen molar-refractivity contribution in [1.29, 1.82) is 0 Å². The molecule has 30 heavy (non-hydrogen) atoms. The fourth-order valence-corrected chi connectivity index (χ4v) is 4.27. The Bertz CT molecular complexity index is 863. The largest absolute Gasteiger partial charge is 0.351 e. The van der Waals surface area contributed by atoms with Crippen LogP contribution in [0, 0.1) is 12.8 Å². The summed E-state index contributed by atoms with van der Waals surface area (Å²) in [6.45, 7) is 4.91. The van der Waals surface area contributed by atoms with E-state index in [0.717, 1.165) is 37.4 Å². The van der Waals surface area contributed by atoms with Gasteiger partial charge in [-0.3, -0.25) is 9.59 Å². The Hall–Kier alpha value is -2.96. The number of nitrogens with zero attached hydrogens (tertiary/aromatic N) is 4. The fraction of sp³-hybridized carbons (Fsp3) is 0.478. The molecule has 1 atom stereocenters. The van der Waals surface area contributed by atoms with Crippen LogP contribution in [0.15, 0.2) is 42.7 Å². The van der Waals surface area contributed by atoms with Gasteiger partial charge in [-0.15, -0.1) is 0 Å². The lowest BCUT2D eigenvalue weighted by Gasteiger charge is -2.35. The lowest BCUT2D eigenvalue weighted by Crippen LogP contribution is -2.51. The highest BCUT2D eigenvalue weighted by Crippen LogP contribution is 2.21. The molecule has 2 aliphatic rings. The van der Waals surface area contributed by atoms with E-state index in [-0.39, 0.29) is 23.8 Å². The normalized spacial score (nSPS) is 20.1. The predicted molar refractivity (Wildman–Crippen MR) is 115 cm³/mol. The lowest BCUT2D eigenvalue weighted by molar-refractivity contribution is -0.127. The van der Waals surface area contributed by atoms with Crippen LogP contribution < -0.4 is 10.2 Å². The molecule has 0 spiro atoms. The van der Waals surface area contributed by atoms with Crippen LogP contribution in [0.4, 0.5) is 5.95 Å². The van der Waals surface area contributed by atoms with Crippen molar-refractivity contribution >= 4 is 17.8 Å². The molecule has 1 aromatic carbocycles. The molecule has 1 unspecified atom stereocenters. The van der Waals surface area contributed by atoms with Crippen LogP contribution in [0.1, 0.15) is 41.6 Å². The molecule has 2 amide bonds. The third-order valence-corrected chi connectivity index (χ3v) is 6.05. The molecule has 2 aliphatic heterocycles. The first-order valence-electron chi connectivity index (χ1n) is 10.8. The van der Waals surface area contributed by atoms with Gasteiger partial charge in [0, 0.05) is 56.1 Å². The summed E-state index contributed by atoms with van der Waals surface area (Å²) in [5.74, 6) is 0.854. The van der Waals surface area contributed by atoms with Gasteiger partial charge >= 0.3 is 0 Å². The topological polar surface area (TPSA) is 78.4 Å². The second-order valence-electron chi connectivity index (χ2n) is 8.28. The van der Waals surface area contributed by atoms with Gasteiger partial charge in [-0.25, -0.2) is 9.97 Å². The van der Waals surface area contributed by atoms with Crippen molar-refractivity contribution in [3.63, 3.8) is 0 Å². The van der Waals surface area contributed by atoms with Crippen LogP contribution in [0.5, 0.6) is 0 Å². The summed E-state index contributed by atoms with van der Waals surface area (Å²) in [6, 6.07) is 9.59. The third kappa shape index (κ3) is 4.78. The van der Waals surface area contributed by atoms with Crippen molar-refractivity contribution < 1.29 is 9.59 Å². The SMILES string of the molecule is Cc1ccc(C(=O)N2CCC(C(=O)NC3CCCN(c4ncccn4)C3)CC2)cc1. The summed E-state index contributed by atoms with van der Waals surface area (Å²) in [6.07, 6.45) is 6.89. The average Bonchev–Trinajstić information content (AvgIpc) is 2.80. The summed E-state index contributed by atoms with van der Waals surface area (Å²) in [5.41, 5.74) is 1.86. The predicted octanol–water partition coefficient (Wildman–Crippen LogP) is 2.42. The van der Waals surface area contributed by atoms with Gasteiger partial charge in [0.05, 0.1) is 0 Å². The van der Waals surface area contributed by atoms with E-state index in [1.165, 1.54) is 0 Å². The molecule has 4 rings (SSSR count). The fourth-order valence-electron chi connectivity index (χ4n) is 4.27. The highest BCUT2D eigenvalue weighted by molar-refractivity contribution is 5.94. The van der Waals surface area contributed by atoms with E-state index in [1.807, 2.05) is 42.2 Å². The summed E-state index contributed by atoms with van der Waals surface area (Å²) in [5, 5.41) is 3.23. The Morgan fingerprint density at radius 3 is 2.40 bits per heavy atom. The Kier molecular flexibility index (Phi) is 6.26. The van der Waals surface area contributed by atoms with Gasteiger partial charge in [-0.05, 0) is 50.8 Å². The number of carbonyl (C=O) groups excluding carboxylic acids is 2. The number of hydrogen-bond donors (Lipinski definition) is 1. The first kappa shape index (κ1) is 20.3. The van der Waals surface area contributed by atoms with E-state index in [4.69, 9.17) is 0 Å². The van der Waals surface area contributed by atoms with Crippen molar-refractivity contribution in [3.8, 4) is 0 Å². The number of benzene rings is 1. The van der Waals surface area contributed by atoms with Crippen molar-refractivity contribution in [3.05, 3.63) is 53.9 Å². The minimum absolute atomic E-state index is 0.0320. The molecular formula is C23H29N5O2. The van der Waals surface area contributed by atoms with Crippen LogP contribution >= 0.6 is 0 Å². The molecule has 158 valence electrons. The zero-order valence-electron chi connectivity index (χ0n) is 17.5. The van der Waals surface area contributed by atoms with Crippen molar-refractivity contribution in [1.82, 2.24) is 20.2 Å². The highest BCUT2D eigenvalue weighted by atomic mass is 16.2. The number of likely N-dealkylation sites (tertiary alicyclic amines) is 1. The van der Waals surface area contributed by atoms with E-state index < -0.39 is 0 Å². The van der Waals surface area contributed by atoms with Gasteiger partial charge in [0.15, 0.2) is 0 Å². The maximum atomic E-state index is 12.8. The number of carbonyl (C=O) groups is 2. The molecule has 7 nitrogen and oxygen atoms in total. The molecule has 7 heteroatoms. The number of hydrogen-bond acceptors (Lipinski definition) is 5. The second kappa shape index (κ2) is 9.24. The molecule has 0 bridgehead atoms. The zero-order chi connectivity index (χ0) is 20.9. The van der Waals surface area contributed by atoms with Gasteiger partial charge in [0.1, 0.15) is 0 Å². The second-order valence-corrected chi connectivity index (χ2v) is 8.28. The third-order valence-electron chi connectivity index (χ3n) is 6.05. The average molecular weight is 408 g/mol. The first-order valence-corrected chi connectivity index (χ1v) is 10.8. The molecular weight excluding hydrogens is 378 g/mol. The molecule has 1 N–H and O–H groups in total. The minimum atomic E-state index is -0.0320.